The summed E-state index contributed by atoms with van der Waals surface area (Å²) in [6.07, 6.45) is 4.80. The van der Waals surface area contributed by atoms with Crippen molar-refractivity contribution in [2.45, 2.75) is 44.3 Å². The van der Waals surface area contributed by atoms with E-state index in [9.17, 15) is 4.79 Å². The zero-order valence-corrected chi connectivity index (χ0v) is 16.8. The molecule has 3 aliphatic rings. The second-order valence-corrected chi connectivity index (χ2v) is 8.53. The molecule has 0 aliphatic carbocycles. The number of hydrogen-bond donors (Lipinski definition) is 0. The fraction of sp³-hybridized carbons (Fsp3) is 0.435. The van der Waals surface area contributed by atoms with E-state index in [0.29, 0.717) is 6.61 Å². The molecule has 5 heteroatoms. The summed E-state index contributed by atoms with van der Waals surface area (Å²) in [4.78, 5) is 17.3. The lowest BCUT2D eigenvalue weighted by Crippen LogP contribution is -2.50. The van der Waals surface area contributed by atoms with Crippen LogP contribution < -0.4 is 4.90 Å². The third-order valence-electron chi connectivity index (χ3n) is 6.49. The van der Waals surface area contributed by atoms with Crippen LogP contribution in [-0.4, -0.2) is 30.6 Å². The van der Waals surface area contributed by atoms with Gasteiger partial charge in [-0.05, 0) is 67.0 Å². The second kappa shape index (κ2) is 7.09. The van der Waals surface area contributed by atoms with Crippen molar-refractivity contribution in [2.24, 2.45) is 0 Å². The Morgan fingerprint density at radius 2 is 1.82 bits per heavy atom. The van der Waals surface area contributed by atoms with E-state index in [1.807, 2.05) is 28.0 Å². The lowest BCUT2D eigenvalue weighted by atomic mass is 9.84. The molecule has 3 heterocycles. The Balaban J connectivity index is 1.34. The van der Waals surface area contributed by atoms with Crippen molar-refractivity contribution in [1.82, 2.24) is 4.90 Å². The van der Waals surface area contributed by atoms with E-state index in [1.165, 1.54) is 16.7 Å². The Morgan fingerprint density at radius 3 is 2.68 bits per heavy atom. The number of ether oxygens (including phenoxy) is 1. The second-order valence-electron chi connectivity index (χ2n) is 8.09. The molecule has 146 valence electrons. The van der Waals surface area contributed by atoms with Gasteiger partial charge in [0, 0.05) is 30.3 Å². The highest BCUT2D eigenvalue weighted by molar-refractivity contribution is 6.30. The summed E-state index contributed by atoms with van der Waals surface area (Å²) in [6, 6.07) is 14.5. The van der Waals surface area contributed by atoms with Crippen LogP contribution in [0, 0.1) is 0 Å². The highest BCUT2D eigenvalue weighted by Crippen LogP contribution is 2.44. The number of fused-ring (bicyclic) bond motifs is 3. The van der Waals surface area contributed by atoms with Crippen molar-refractivity contribution >= 4 is 23.3 Å². The number of halogens is 1. The zero-order valence-electron chi connectivity index (χ0n) is 16.0. The van der Waals surface area contributed by atoms with Crippen LogP contribution in [0.4, 0.5) is 10.5 Å². The van der Waals surface area contributed by atoms with Crippen molar-refractivity contribution < 1.29 is 9.53 Å². The van der Waals surface area contributed by atoms with E-state index in [1.54, 1.807) is 0 Å². The first kappa shape index (κ1) is 18.0. The Labute approximate surface area is 171 Å². The minimum Gasteiger partial charge on any atom is -0.365 e. The van der Waals surface area contributed by atoms with E-state index >= 15 is 0 Å². The Hall–Kier alpha value is -2.04. The first-order chi connectivity index (χ1) is 13.7. The summed E-state index contributed by atoms with van der Waals surface area (Å²) >= 11 is 6.19. The monoisotopic (exact) mass is 396 g/mol. The molecule has 3 aliphatic heterocycles. The molecule has 1 saturated heterocycles. The summed E-state index contributed by atoms with van der Waals surface area (Å²) in [5, 5.41) is 0.741. The van der Waals surface area contributed by atoms with Gasteiger partial charge in [-0.2, -0.15) is 0 Å². The average molecular weight is 397 g/mol. The number of hydrogen-bond acceptors (Lipinski definition) is 2. The van der Waals surface area contributed by atoms with Gasteiger partial charge in [0.1, 0.15) is 0 Å². The number of aryl methyl sites for hydroxylation is 1. The quantitative estimate of drug-likeness (QED) is 0.618. The highest BCUT2D eigenvalue weighted by atomic mass is 35.5. The molecule has 0 saturated carbocycles. The normalized spacial score (nSPS) is 20.6. The standard InChI is InChI=1S/C23H25ClN2O2/c24-19-8-9-21-17(15-19)5-3-4-12-26(21)22(27)25-13-10-23(11-14-25)20-7-2-1-6-18(20)16-28-23/h1-2,6-9,15H,3-5,10-14,16H2. The molecular formula is C23H25ClN2O2. The van der Waals surface area contributed by atoms with Crippen LogP contribution in [0.3, 0.4) is 0 Å². The number of rotatable bonds is 0. The number of carbonyl (C=O) groups excluding carboxylic acids is 1. The summed E-state index contributed by atoms with van der Waals surface area (Å²) < 4.78 is 6.25. The molecule has 2 aromatic carbocycles. The fourth-order valence-corrected chi connectivity index (χ4v) is 5.14. The summed E-state index contributed by atoms with van der Waals surface area (Å²) in [6.45, 7) is 2.91. The first-order valence-corrected chi connectivity index (χ1v) is 10.6. The third kappa shape index (κ3) is 2.99. The van der Waals surface area contributed by atoms with E-state index in [2.05, 4.69) is 24.3 Å². The van der Waals surface area contributed by atoms with Gasteiger partial charge >= 0.3 is 6.03 Å². The number of piperidine rings is 1. The number of urea groups is 1. The van der Waals surface area contributed by atoms with Crippen LogP contribution in [0.2, 0.25) is 5.02 Å². The number of nitrogens with zero attached hydrogens (tertiary/aromatic N) is 2. The number of amides is 2. The maximum atomic E-state index is 13.4. The molecule has 0 aromatic heterocycles. The summed E-state index contributed by atoms with van der Waals surface area (Å²) in [5.41, 5.74) is 4.60. The van der Waals surface area contributed by atoms with Gasteiger partial charge in [0.25, 0.3) is 0 Å². The van der Waals surface area contributed by atoms with Gasteiger partial charge in [-0.3, -0.25) is 4.90 Å². The Kier molecular flexibility index (Phi) is 4.56. The molecule has 2 amide bonds. The minimum absolute atomic E-state index is 0.117. The van der Waals surface area contributed by atoms with E-state index in [4.69, 9.17) is 16.3 Å². The lowest BCUT2D eigenvalue weighted by Gasteiger charge is -2.41. The maximum Gasteiger partial charge on any atom is 0.324 e. The van der Waals surface area contributed by atoms with Crippen molar-refractivity contribution in [2.75, 3.05) is 24.5 Å². The lowest BCUT2D eigenvalue weighted by molar-refractivity contribution is -0.0725. The van der Waals surface area contributed by atoms with Gasteiger partial charge in [0.2, 0.25) is 0 Å². The minimum atomic E-state index is -0.211. The Bertz CT molecular complexity index is 905. The summed E-state index contributed by atoms with van der Waals surface area (Å²) in [5.74, 6) is 0. The molecule has 1 fully saturated rings. The van der Waals surface area contributed by atoms with Crippen molar-refractivity contribution in [1.29, 1.82) is 0 Å². The van der Waals surface area contributed by atoms with Crippen LogP contribution in [0.5, 0.6) is 0 Å². The molecule has 0 radical (unpaired) electrons. The number of likely N-dealkylation sites (tertiary alicyclic amines) is 1. The van der Waals surface area contributed by atoms with E-state index in [0.717, 1.165) is 62.4 Å². The molecule has 0 unspecified atom stereocenters. The SMILES string of the molecule is O=C(N1CCC2(CC1)OCc1ccccc12)N1CCCCc2cc(Cl)ccc21. The van der Waals surface area contributed by atoms with Gasteiger partial charge in [-0.25, -0.2) is 4.79 Å². The molecule has 28 heavy (non-hydrogen) atoms. The number of benzene rings is 2. The molecule has 0 N–H and O–H groups in total. The average Bonchev–Trinajstić information content (AvgIpc) is 2.93. The molecule has 0 bridgehead atoms. The molecular weight excluding hydrogens is 372 g/mol. The van der Waals surface area contributed by atoms with Crippen LogP contribution >= 0.6 is 11.6 Å². The largest absolute Gasteiger partial charge is 0.365 e. The van der Waals surface area contributed by atoms with Gasteiger partial charge in [0.15, 0.2) is 0 Å². The van der Waals surface area contributed by atoms with E-state index < -0.39 is 0 Å². The predicted octanol–water partition coefficient (Wildman–Crippen LogP) is 5.12. The van der Waals surface area contributed by atoms with Crippen LogP contribution in [0.1, 0.15) is 42.4 Å². The molecule has 1 spiro atoms. The Morgan fingerprint density at radius 1 is 1.00 bits per heavy atom. The smallest absolute Gasteiger partial charge is 0.324 e. The molecule has 4 nitrogen and oxygen atoms in total. The number of anilines is 1. The molecule has 0 atom stereocenters. The van der Waals surface area contributed by atoms with Gasteiger partial charge in [-0.15, -0.1) is 0 Å². The highest BCUT2D eigenvalue weighted by Gasteiger charge is 2.43. The molecule has 2 aromatic rings. The predicted molar refractivity (Wildman–Crippen MR) is 111 cm³/mol. The fourth-order valence-electron chi connectivity index (χ4n) is 4.95. The van der Waals surface area contributed by atoms with Crippen molar-refractivity contribution in [3.05, 3.63) is 64.2 Å². The van der Waals surface area contributed by atoms with E-state index in [-0.39, 0.29) is 11.6 Å². The third-order valence-corrected chi connectivity index (χ3v) is 6.73. The summed E-state index contributed by atoms with van der Waals surface area (Å²) in [7, 11) is 0. The van der Waals surface area contributed by atoms with Crippen LogP contribution in [0.25, 0.3) is 0 Å². The molecule has 5 rings (SSSR count). The van der Waals surface area contributed by atoms with Gasteiger partial charge in [0.05, 0.1) is 12.2 Å². The van der Waals surface area contributed by atoms with Crippen molar-refractivity contribution in [3.8, 4) is 0 Å². The number of carbonyl (C=O) groups is 1. The van der Waals surface area contributed by atoms with Crippen LogP contribution in [0.15, 0.2) is 42.5 Å². The van der Waals surface area contributed by atoms with Crippen molar-refractivity contribution in [3.63, 3.8) is 0 Å². The van der Waals surface area contributed by atoms with Gasteiger partial charge in [-0.1, -0.05) is 35.9 Å². The maximum absolute atomic E-state index is 13.4. The first-order valence-electron chi connectivity index (χ1n) is 10.2. The van der Waals surface area contributed by atoms with Crippen LogP contribution in [-0.2, 0) is 23.4 Å². The topological polar surface area (TPSA) is 32.8 Å². The van der Waals surface area contributed by atoms with Gasteiger partial charge < -0.3 is 9.64 Å². The zero-order chi connectivity index (χ0) is 19.1.